The Morgan fingerprint density at radius 2 is 1.79 bits per heavy atom. The van der Waals surface area contributed by atoms with Gasteiger partial charge in [0.15, 0.2) is 0 Å². The van der Waals surface area contributed by atoms with Crippen LogP contribution in [0, 0.1) is 11.6 Å². The molecule has 1 atom stereocenters. The Morgan fingerprint density at radius 3 is 2.37 bits per heavy atom. The fourth-order valence-electron chi connectivity index (χ4n) is 1.91. The van der Waals surface area contributed by atoms with Gasteiger partial charge in [-0.15, -0.1) is 0 Å². The summed E-state index contributed by atoms with van der Waals surface area (Å²) >= 11 is 3.22. The fourth-order valence-corrected chi connectivity index (χ4v) is 2.24. The van der Waals surface area contributed by atoms with E-state index in [2.05, 4.69) is 21.2 Å². The van der Waals surface area contributed by atoms with E-state index in [0.29, 0.717) is 10.2 Å². The zero-order valence-corrected chi connectivity index (χ0v) is 12.0. The molecule has 1 unspecified atom stereocenters. The molecule has 0 spiro atoms. The maximum Gasteiger partial charge on any atom is 0.147 e. The van der Waals surface area contributed by atoms with E-state index >= 15 is 0 Å². The summed E-state index contributed by atoms with van der Waals surface area (Å²) in [6.07, 6.45) is 0.779. The van der Waals surface area contributed by atoms with Crippen molar-refractivity contribution in [2.24, 2.45) is 0 Å². The maximum absolute atomic E-state index is 13.8. The van der Waals surface area contributed by atoms with E-state index in [-0.39, 0.29) is 17.7 Å². The first kappa shape index (κ1) is 14.0. The van der Waals surface area contributed by atoms with Crippen LogP contribution in [0.15, 0.2) is 46.9 Å². The Bertz CT molecular complexity index is 555. The Kier molecular flexibility index (Phi) is 4.53. The smallest absolute Gasteiger partial charge is 0.147 e. The molecule has 0 amide bonds. The molecule has 19 heavy (non-hydrogen) atoms. The molecule has 2 rings (SSSR count). The summed E-state index contributed by atoms with van der Waals surface area (Å²) in [4.78, 5) is 0. The fraction of sp³-hybridized carbons (Fsp3) is 0.200. The molecule has 0 bridgehead atoms. The molecule has 100 valence electrons. The van der Waals surface area contributed by atoms with Crippen LogP contribution in [0.1, 0.15) is 24.9 Å². The number of hydrogen-bond acceptors (Lipinski definition) is 1. The van der Waals surface area contributed by atoms with Gasteiger partial charge in [0.1, 0.15) is 11.6 Å². The summed E-state index contributed by atoms with van der Waals surface area (Å²) in [5, 5.41) is 3.14. The largest absolute Gasteiger partial charge is 0.376 e. The molecule has 0 aliphatic carbocycles. The van der Waals surface area contributed by atoms with Crippen molar-refractivity contribution in [3.05, 3.63) is 64.1 Å². The molecule has 0 aromatic heterocycles. The molecule has 0 heterocycles. The van der Waals surface area contributed by atoms with Crippen LogP contribution >= 0.6 is 15.9 Å². The van der Waals surface area contributed by atoms with Gasteiger partial charge >= 0.3 is 0 Å². The number of anilines is 1. The SMILES string of the molecule is CCC(Nc1ccc(Br)cc1F)c1ccc(F)cc1. The Hall–Kier alpha value is -1.42. The minimum absolute atomic E-state index is 0.0451. The molecule has 2 aromatic rings. The van der Waals surface area contributed by atoms with Crippen LogP contribution < -0.4 is 5.32 Å². The second kappa shape index (κ2) is 6.15. The quantitative estimate of drug-likeness (QED) is 0.805. The molecule has 1 N–H and O–H groups in total. The highest BCUT2D eigenvalue weighted by Crippen LogP contribution is 2.26. The predicted molar refractivity (Wildman–Crippen MR) is 77.2 cm³/mol. The average molecular weight is 326 g/mol. The van der Waals surface area contributed by atoms with E-state index in [1.54, 1.807) is 24.3 Å². The number of rotatable bonds is 4. The molecule has 0 saturated heterocycles. The zero-order valence-electron chi connectivity index (χ0n) is 10.5. The highest BCUT2D eigenvalue weighted by Gasteiger charge is 2.11. The van der Waals surface area contributed by atoms with Gasteiger partial charge in [0.25, 0.3) is 0 Å². The van der Waals surface area contributed by atoms with Gasteiger partial charge in [0, 0.05) is 4.47 Å². The van der Waals surface area contributed by atoms with Gasteiger partial charge in [-0.05, 0) is 42.3 Å². The van der Waals surface area contributed by atoms with Crippen molar-refractivity contribution in [1.82, 2.24) is 0 Å². The van der Waals surface area contributed by atoms with Crippen molar-refractivity contribution >= 4 is 21.6 Å². The first-order valence-electron chi connectivity index (χ1n) is 6.07. The Labute approximate surface area is 119 Å². The molecular weight excluding hydrogens is 312 g/mol. The third kappa shape index (κ3) is 3.53. The molecule has 1 nitrogen and oxygen atoms in total. The molecular formula is C15H14BrF2N. The van der Waals surface area contributed by atoms with E-state index in [9.17, 15) is 8.78 Å². The lowest BCUT2D eigenvalue weighted by molar-refractivity contribution is 0.619. The normalized spacial score (nSPS) is 12.2. The summed E-state index contributed by atoms with van der Waals surface area (Å²) in [7, 11) is 0. The van der Waals surface area contributed by atoms with Crippen LogP contribution in [-0.2, 0) is 0 Å². The van der Waals surface area contributed by atoms with E-state index in [0.717, 1.165) is 12.0 Å². The molecule has 0 fully saturated rings. The lowest BCUT2D eigenvalue weighted by Gasteiger charge is -2.19. The molecule has 0 aliphatic rings. The average Bonchev–Trinajstić information content (AvgIpc) is 2.39. The second-order valence-corrected chi connectivity index (χ2v) is 5.20. The standard InChI is InChI=1S/C15H14BrF2N/c1-2-14(10-3-6-12(17)7-4-10)19-15-8-5-11(16)9-13(15)18/h3-9,14,19H,2H2,1H3. The summed E-state index contributed by atoms with van der Waals surface area (Å²) < 4.78 is 27.4. The van der Waals surface area contributed by atoms with E-state index in [4.69, 9.17) is 0 Å². The van der Waals surface area contributed by atoms with E-state index in [1.165, 1.54) is 18.2 Å². The van der Waals surface area contributed by atoms with Crippen molar-refractivity contribution in [3.8, 4) is 0 Å². The van der Waals surface area contributed by atoms with Crippen LogP contribution in [0.2, 0.25) is 0 Å². The van der Waals surface area contributed by atoms with Gasteiger partial charge in [-0.2, -0.15) is 0 Å². The highest BCUT2D eigenvalue weighted by molar-refractivity contribution is 9.10. The molecule has 0 saturated carbocycles. The number of halogens is 3. The Balaban J connectivity index is 2.21. The summed E-state index contributed by atoms with van der Waals surface area (Å²) in [5.74, 6) is -0.580. The molecule has 0 aliphatic heterocycles. The third-order valence-corrected chi connectivity index (χ3v) is 3.43. The third-order valence-electron chi connectivity index (χ3n) is 2.94. The van der Waals surface area contributed by atoms with Crippen molar-refractivity contribution in [2.75, 3.05) is 5.32 Å². The van der Waals surface area contributed by atoms with Crippen molar-refractivity contribution < 1.29 is 8.78 Å². The van der Waals surface area contributed by atoms with Crippen LogP contribution in [0.4, 0.5) is 14.5 Å². The monoisotopic (exact) mass is 325 g/mol. The first-order valence-corrected chi connectivity index (χ1v) is 6.86. The van der Waals surface area contributed by atoms with Gasteiger partial charge in [0.05, 0.1) is 11.7 Å². The minimum Gasteiger partial charge on any atom is -0.376 e. The highest BCUT2D eigenvalue weighted by atomic mass is 79.9. The summed E-state index contributed by atoms with van der Waals surface area (Å²) in [6.45, 7) is 2.00. The van der Waals surface area contributed by atoms with E-state index in [1.807, 2.05) is 6.92 Å². The topological polar surface area (TPSA) is 12.0 Å². The van der Waals surface area contributed by atoms with Crippen molar-refractivity contribution in [3.63, 3.8) is 0 Å². The summed E-state index contributed by atoms with van der Waals surface area (Å²) in [5.41, 5.74) is 1.38. The molecule has 4 heteroatoms. The number of nitrogens with one attached hydrogen (secondary N) is 1. The summed E-state index contributed by atoms with van der Waals surface area (Å²) in [6, 6.07) is 11.1. The van der Waals surface area contributed by atoms with Crippen LogP contribution in [0.25, 0.3) is 0 Å². The first-order chi connectivity index (χ1) is 9.10. The number of hydrogen-bond donors (Lipinski definition) is 1. The van der Waals surface area contributed by atoms with Gasteiger partial charge in [-0.3, -0.25) is 0 Å². The number of benzene rings is 2. The van der Waals surface area contributed by atoms with Crippen LogP contribution in [0.3, 0.4) is 0 Å². The van der Waals surface area contributed by atoms with Crippen molar-refractivity contribution in [1.29, 1.82) is 0 Å². The van der Waals surface area contributed by atoms with Gasteiger partial charge < -0.3 is 5.32 Å². The second-order valence-electron chi connectivity index (χ2n) is 4.28. The minimum atomic E-state index is -0.310. The van der Waals surface area contributed by atoms with Gasteiger partial charge in [-0.25, -0.2) is 8.78 Å². The Morgan fingerprint density at radius 1 is 1.11 bits per heavy atom. The van der Waals surface area contributed by atoms with Gasteiger partial charge in [0.2, 0.25) is 0 Å². The zero-order chi connectivity index (χ0) is 13.8. The lowest BCUT2D eigenvalue weighted by Crippen LogP contribution is -2.10. The van der Waals surface area contributed by atoms with Crippen LogP contribution in [-0.4, -0.2) is 0 Å². The lowest BCUT2D eigenvalue weighted by atomic mass is 10.0. The van der Waals surface area contributed by atoms with Crippen LogP contribution in [0.5, 0.6) is 0 Å². The maximum atomic E-state index is 13.8. The molecule has 0 radical (unpaired) electrons. The van der Waals surface area contributed by atoms with E-state index < -0.39 is 0 Å². The predicted octanol–water partition coefficient (Wildman–Crippen LogP) is 5.29. The van der Waals surface area contributed by atoms with Gasteiger partial charge in [-0.1, -0.05) is 35.0 Å². The van der Waals surface area contributed by atoms with Crippen molar-refractivity contribution in [2.45, 2.75) is 19.4 Å². The molecule has 2 aromatic carbocycles.